The number of nitrogens with zero attached hydrogens (tertiary/aromatic N) is 2. The first-order valence-electron chi connectivity index (χ1n) is 10.3. The molecule has 0 fully saturated rings. The van der Waals surface area contributed by atoms with Gasteiger partial charge in [-0.15, -0.1) is 0 Å². The third kappa shape index (κ3) is 6.38. The van der Waals surface area contributed by atoms with Gasteiger partial charge in [0.15, 0.2) is 0 Å². The van der Waals surface area contributed by atoms with Crippen molar-refractivity contribution in [2.75, 3.05) is 40.0 Å². The molecule has 2 atom stereocenters. The summed E-state index contributed by atoms with van der Waals surface area (Å²) in [6.07, 6.45) is 11.5. The predicted molar refractivity (Wildman–Crippen MR) is 127 cm³/mol. The minimum atomic E-state index is -1.48. The molecule has 5 heteroatoms. The Morgan fingerprint density at radius 1 is 0.680 bits per heavy atom. The summed E-state index contributed by atoms with van der Waals surface area (Å²) in [5.74, 6) is -2.80. The van der Waals surface area contributed by atoms with Gasteiger partial charge < -0.3 is 0 Å². The molecule has 0 saturated heterocycles. The average molecular weight is 434 g/mol. The van der Waals surface area contributed by atoms with Crippen molar-refractivity contribution in [2.45, 2.75) is 76.1 Å². The number of unbranched alkanes of at least 4 members (excludes halogenated alkanes) is 2. The third-order valence-corrected chi connectivity index (χ3v) is 45.0. The topological polar surface area (TPSA) is 24.7 Å². The molecule has 2 nitrogen and oxygen atoms in total. The molecule has 0 aromatic rings. The molecule has 0 saturated carbocycles. The van der Waals surface area contributed by atoms with E-state index >= 15 is 0 Å². The molecule has 0 heterocycles. The Kier molecular flexibility index (Phi) is 11.9. The van der Waals surface area contributed by atoms with E-state index in [1.807, 2.05) is 0 Å². The Morgan fingerprint density at radius 2 is 1.00 bits per heavy atom. The van der Waals surface area contributed by atoms with Gasteiger partial charge in [-0.05, 0) is 0 Å². The molecule has 0 aliphatic heterocycles. The van der Waals surface area contributed by atoms with Gasteiger partial charge in [0, 0.05) is 0 Å². The van der Waals surface area contributed by atoms with Crippen molar-refractivity contribution in [3.8, 4) is 0 Å². The van der Waals surface area contributed by atoms with Crippen LogP contribution in [0.4, 0.5) is 0 Å². The average Bonchev–Trinajstić information content (AvgIpc) is 2.49. The van der Waals surface area contributed by atoms with E-state index in [0.29, 0.717) is 9.88 Å². The fourth-order valence-corrected chi connectivity index (χ4v) is 54.5. The third-order valence-electron chi connectivity index (χ3n) is 4.51. The Morgan fingerprint density at radius 3 is 1.20 bits per heavy atom. The molecule has 25 heavy (non-hydrogen) atoms. The number of rotatable bonds is 12. The molecule has 0 aromatic heterocycles. The van der Waals surface area contributed by atoms with E-state index < -0.39 is 23.9 Å². The molecule has 0 aliphatic carbocycles. The van der Waals surface area contributed by atoms with Crippen molar-refractivity contribution in [1.29, 1.82) is 0 Å². The molecule has 0 aromatic carbocycles. The first-order valence-corrected chi connectivity index (χ1v) is 21.6. The van der Waals surface area contributed by atoms with Crippen LogP contribution in [0.25, 0.3) is 0 Å². The van der Waals surface area contributed by atoms with Crippen molar-refractivity contribution >= 4 is 24.3 Å². The van der Waals surface area contributed by atoms with Gasteiger partial charge in [-0.25, -0.2) is 0 Å². The molecule has 0 aliphatic rings. The molecular formula is C20H48FeN2P2. The zero-order valence-electron chi connectivity index (χ0n) is 18.8. The van der Waals surface area contributed by atoms with Crippen LogP contribution in [0.2, 0.25) is 0 Å². The SMILES string of the molecule is CCCC=N[CH](CC)[Fe]([CH](CC)N=CCCC)([PH](C)(C)C)[PH](C)(C)C. The van der Waals surface area contributed by atoms with Crippen LogP contribution < -0.4 is 0 Å². The van der Waals surface area contributed by atoms with Gasteiger partial charge in [0.1, 0.15) is 0 Å². The number of aliphatic imine (C=N–C) groups is 2. The van der Waals surface area contributed by atoms with E-state index in [4.69, 9.17) is 9.98 Å². The summed E-state index contributed by atoms with van der Waals surface area (Å²) in [6.45, 7) is 25.0. The molecular weight excluding hydrogens is 386 g/mol. The molecule has 156 valence electrons. The van der Waals surface area contributed by atoms with Gasteiger partial charge >= 0.3 is 162 Å². The van der Waals surface area contributed by atoms with Crippen molar-refractivity contribution in [1.82, 2.24) is 0 Å². The minimum absolute atomic E-state index is 0.543. The van der Waals surface area contributed by atoms with Gasteiger partial charge in [-0.1, -0.05) is 0 Å². The van der Waals surface area contributed by atoms with E-state index in [-0.39, 0.29) is 0 Å². The molecule has 0 rings (SSSR count). The van der Waals surface area contributed by atoms with Crippen LogP contribution >= 0.6 is 11.9 Å². The molecule has 0 N–H and O–H groups in total. The summed E-state index contributed by atoms with van der Waals surface area (Å²) in [6, 6.07) is 0. The van der Waals surface area contributed by atoms with Crippen LogP contribution in [0, 0.1) is 0 Å². The van der Waals surface area contributed by atoms with E-state index in [2.05, 4.69) is 80.1 Å². The summed E-state index contributed by atoms with van der Waals surface area (Å²) in [4.78, 5) is 11.6. The molecule has 0 spiro atoms. The number of hydrogen-bond donors (Lipinski definition) is 0. The first-order chi connectivity index (χ1) is 11.5. The van der Waals surface area contributed by atoms with Crippen LogP contribution in [-0.4, -0.2) is 62.3 Å². The summed E-state index contributed by atoms with van der Waals surface area (Å²) < 4.78 is 0. The Bertz CT molecular complexity index is 382. The maximum absolute atomic E-state index is 5.26. The summed E-state index contributed by atoms with van der Waals surface area (Å²) >= 11 is -1.48. The van der Waals surface area contributed by atoms with Crippen LogP contribution in [0.15, 0.2) is 9.98 Å². The van der Waals surface area contributed by atoms with Gasteiger partial charge in [0.2, 0.25) is 0 Å². The van der Waals surface area contributed by atoms with Crippen LogP contribution in [0.3, 0.4) is 0 Å². The van der Waals surface area contributed by atoms with Crippen molar-refractivity contribution in [2.24, 2.45) is 9.98 Å². The summed E-state index contributed by atoms with van der Waals surface area (Å²) in [5, 5.41) is 0. The molecule has 0 amide bonds. The summed E-state index contributed by atoms with van der Waals surface area (Å²) in [5.41, 5.74) is 0. The fourth-order valence-electron chi connectivity index (χ4n) is 3.83. The molecule has 0 radical (unpaired) electrons. The summed E-state index contributed by atoms with van der Waals surface area (Å²) in [7, 11) is 0. The Hall–Kier alpha value is 0.719. The zero-order valence-corrected chi connectivity index (χ0v) is 21.9. The van der Waals surface area contributed by atoms with E-state index in [0.717, 1.165) is 12.8 Å². The van der Waals surface area contributed by atoms with Crippen LogP contribution in [0.5, 0.6) is 0 Å². The first kappa shape index (κ1) is 25.7. The molecule has 2 unspecified atom stereocenters. The van der Waals surface area contributed by atoms with E-state index in [1.165, 1.54) is 25.7 Å². The Balaban J connectivity index is 6.40. The Labute approximate surface area is 162 Å². The maximum atomic E-state index is 5.26. The van der Waals surface area contributed by atoms with Crippen LogP contribution in [0.1, 0.15) is 66.2 Å². The zero-order chi connectivity index (χ0) is 19.7. The molecule has 0 bridgehead atoms. The van der Waals surface area contributed by atoms with E-state index in [1.54, 1.807) is 0 Å². The monoisotopic (exact) mass is 434 g/mol. The number of hydrogen-bond acceptors (Lipinski definition) is 2. The second-order valence-electron chi connectivity index (χ2n) is 8.57. The quantitative estimate of drug-likeness (QED) is 0.191. The normalized spacial score (nSPS) is 21.2. The fraction of sp³-hybridized carbons (Fsp3) is 0.900. The predicted octanol–water partition coefficient (Wildman–Crippen LogP) is 6.46. The van der Waals surface area contributed by atoms with Crippen LogP contribution in [-0.2, 0) is 12.0 Å². The standard InChI is InChI=1S/2C7H14N.2C3H9P.Fe/c2*1-3-5-7-8-6-4-2;2*1-4(2)3;/h2*6-7H,3-5H2,1-2H3;2*1-3H3;/q;;;;-2/p+2. The van der Waals surface area contributed by atoms with Gasteiger partial charge in [-0.2, -0.15) is 0 Å². The van der Waals surface area contributed by atoms with Gasteiger partial charge in [-0.3, -0.25) is 0 Å². The van der Waals surface area contributed by atoms with Gasteiger partial charge in [0.25, 0.3) is 0 Å². The van der Waals surface area contributed by atoms with E-state index in [9.17, 15) is 0 Å². The van der Waals surface area contributed by atoms with Crippen molar-refractivity contribution in [3.05, 3.63) is 0 Å². The van der Waals surface area contributed by atoms with Crippen molar-refractivity contribution < 1.29 is 12.0 Å². The second kappa shape index (κ2) is 11.5. The van der Waals surface area contributed by atoms with Gasteiger partial charge in [0.05, 0.1) is 0 Å². The van der Waals surface area contributed by atoms with Crippen molar-refractivity contribution in [3.63, 3.8) is 0 Å². The second-order valence-corrected chi connectivity index (χ2v) is 36.3.